The first kappa shape index (κ1) is 17.4. The van der Waals surface area contributed by atoms with Crippen LogP contribution in [0, 0.1) is 11.3 Å². The molecular formula is C18H14ClN3O2S. The predicted molar refractivity (Wildman–Crippen MR) is 98.1 cm³/mol. The molecule has 0 bridgehead atoms. The van der Waals surface area contributed by atoms with Crippen LogP contribution in [0.3, 0.4) is 0 Å². The maximum Gasteiger partial charge on any atom is 0.170 e. The number of aromatic amines is 1. The molecule has 1 atom stereocenters. The highest BCUT2D eigenvalue weighted by atomic mass is 35.5. The summed E-state index contributed by atoms with van der Waals surface area (Å²) < 4.78 is 16.8. The van der Waals surface area contributed by atoms with E-state index in [0.29, 0.717) is 22.0 Å². The Morgan fingerprint density at radius 1 is 1.20 bits per heavy atom. The lowest BCUT2D eigenvalue weighted by Gasteiger charge is -2.09. The Morgan fingerprint density at radius 2 is 1.88 bits per heavy atom. The van der Waals surface area contributed by atoms with Crippen LogP contribution in [0.1, 0.15) is 5.69 Å². The van der Waals surface area contributed by atoms with Gasteiger partial charge in [0, 0.05) is 11.1 Å². The molecule has 0 radical (unpaired) electrons. The normalized spacial score (nSPS) is 11.8. The van der Waals surface area contributed by atoms with Crippen molar-refractivity contribution in [1.82, 2.24) is 10.2 Å². The summed E-state index contributed by atoms with van der Waals surface area (Å²) >= 11 is 5.05. The van der Waals surface area contributed by atoms with Gasteiger partial charge in [0.25, 0.3) is 0 Å². The molecule has 3 aromatic rings. The summed E-state index contributed by atoms with van der Waals surface area (Å²) in [4.78, 5) is 0.735. The molecule has 2 aromatic carbocycles. The highest BCUT2D eigenvalue weighted by Crippen LogP contribution is 2.37. The fraction of sp³-hybridized carbons (Fsp3) is 0.111. The van der Waals surface area contributed by atoms with Gasteiger partial charge in [0.1, 0.15) is 18.1 Å². The number of nitriles is 1. The standard InChI is InChI=1S/C18H14ClN3O2S/c1-24-16-9-12(5-8-14(16)19)17-15(10-20)21-22-18(17)11-3-6-13(7-4-11)25(2)23/h3-9H,1-2H3,(H,21,22). The zero-order valence-corrected chi connectivity index (χ0v) is 15.1. The molecule has 0 saturated heterocycles. The maximum absolute atomic E-state index is 11.6. The third kappa shape index (κ3) is 3.35. The van der Waals surface area contributed by atoms with Gasteiger partial charge in [-0.15, -0.1) is 0 Å². The van der Waals surface area contributed by atoms with E-state index in [9.17, 15) is 9.81 Å². The summed E-state index contributed by atoms with van der Waals surface area (Å²) in [6.07, 6.45) is 1.63. The second-order valence-corrected chi connectivity index (χ2v) is 7.05. The van der Waals surface area contributed by atoms with E-state index in [-0.39, 0.29) is 5.69 Å². The molecular weight excluding hydrogens is 358 g/mol. The van der Waals surface area contributed by atoms with Crippen molar-refractivity contribution in [3.63, 3.8) is 0 Å². The Hall–Kier alpha value is -2.46. The smallest absolute Gasteiger partial charge is 0.170 e. The summed E-state index contributed by atoms with van der Waals surface area (Å²) in [5.41, 5.74) is 3.26. The van der Waals surface area contributed by atoms with Crippen LogP contribution in [0.15, 0.2) is 47.4 Å². The molecule has 0 aliphatic carbocycles. The highest BCUT2D eigenvalue weighted by Gasteiger charge is 2.18. The van der Waals surface area contributed by atoms with Crippen molar-refractivity contribution in [2.75, 3.05) is 13.4 Å². The zero-order chi connectivity index (χ0) is 18.0. The molecule has 1 N–H and O–H groups in total. The van der Waals surface area contributed by atoms with Crippen LogP contribution in [-0.2, 0) is 11.2 Å². The lowest BCUT2D eigenvalue weighted by atomic mass is 9.99. The lowest BCUT2D eigenvalue weighted by Crippen LogP contribution is -1.96. The van der Waals surface area contributed by atoms with E-state index >= 15 is 0 Å². The fourth-order valence-electron chi connectivity index (χ4n) is 2.54. The van der Waals surface area contributed by atoms with E-state index in [2.05, 4.69) is 16.3 Å². The molecule has 25 heavy (non-hydrogen) atoms. The van der Waals surface area contributed by atoms with Crippen LogP contribution in [0.2, 0.25) is 5.02 Å². The van der Waals surface area contributed by atoms with Crippen LogP contribution >= 0.6 is 11.6 Å². The van der Waals surface area contributed by atoms with E-state index in [4.69, 9.17) is 16.3 Å². The molecule has 0 amide bonds. The van der Waals surface area contributed by atoms with Crippen molar-refractivity contribution in [2.45, 2.75) is 4.90 Å². The quantitative estimate of drug-likeness (QED) is 0.702. The van der Waals surface area contributed by atoms with E-state index < -0.39 is 11.2 Å². The van der Waals surface area contributed by atoms with E-state index in [1.54, 1.807) is 30.5 Å². The minimum absolute atomic E-state index is 0.280. The molecule has 7 heteroatoms. The number of benzene rings is 2. The third-order valence-corrected chi connectivity index (χ3v) is 5.04. The molecule has 3 rings (SSSR count). The molecule has 5 nitrogen and oxygen atoms in total. The minimum Gasteiger partial charge on any atom is -0.612 e. The van der Waals surface area contributed by atoms with Crippen LogP contribution < -0.4 is 4.74 Å². The molecule has 0 aliphatic rings. The molecule has 1 heterocycles. The Balaban J connectivity index is 2.14. The summed E-state index contributed by atoms with van der Waals surface area (Å²) in [7, 11) is 1.54. The van der Waals surface area contributed by atoms with Gasteiger partial charge >= 0.3 is 0 Å². The number of H-pyrrole nitrogens is 1. The van der Waals surface area contributed by atoms with Crippen LogP contribution in [0.5, 0.6) is 5.75 Å². The van der Waals surface area contributed by atoms with Gasteiger partial charge in [0.15, 0.2) is 10.6 Å². The Bertz CT molecular complexity index is 946. The number of halogens is 1. The van der Waals surface area contributed by atoms with Gasteiger partial charge in [-0.05, 0) is 53.1 Å². The first-order valence-electron chi connectivity index (χ1n) is 7.31. The van der Waals surface area contributed by atoms with Gasteiger partial charge in [0.05, 0.1) is 17.8 Å². The average Bonchev–Trinajstić information content (AvgIpc) is 3.06. The van der Waals surface area contributed by atoms with Gasteiger partial charge in [-0.25, -0.2) is 0 Å². The number of ether oxygens (including phenoxy) is 1. The summed E-state index contributed by atoms with van der Waals surface area (Å²) in [6.45, 7) is 0. The second kappa shape index (κ2) is 7.19. The second-order valence-electron chi connectivity index (χ2n) is 5.26. The lowest BCUT2D eigenvalue weighted by molar-refractivity contribution is 0.415. The SMILES string of the molecule is COc1cc(-c2c(C#N)n[nH]c2-c2ccc([S+](C)[O-])cc2)ccc1Cl. The molecule has 0 aliphatic heterocycles. The minimum atomic E-state index is -1.05. The summed E-state index contributed by atoms with van der Waals surface area (Å²) in [5.74, 6) is 0.520. The van der Waals surface area contributed by atoms with Gasteiger partial charge < -0.3 is 9.29 Å². The van der Waals surface area contributed by atoms with E-state index in [0.717, 1.165) is 16.0 Å². The number of nitrogens with zero attached hydrogens (tertiary/aromatic N) is 2. The van der Waals surface area contributed by atoms with Crippen LogP contribution in [0.25, 0.3) is 22.4 Å². The van der Waals surface area contributed by atoms with E-state index in [1.165, 1.54) is 7.11 Å². The van der Waals surface area contributed by atoms with Crippen LogP contribution in [-0.4, -0.2) is 28.1 Å². The van der Waals surface area contributed by atoms with Crippen molar-refractivity contribution in [1.29, 1.82) is 5.26 Å². The van der Waals surface area contributed by atoms with Crippen molar-refractivity contribution in [3.8, 4) is 34.2 Å². The number of aromatic nitrogens is 2. The van der Waals surface area contributed by atoms with Crippen molar-refractivity contribution in [3.05, 3.63) is 53.2 Å². The van der Waals surface area contributed by atoms with Gasteiger partial charge in [0.2, 0.25) is 0 Å². The first-order valence-corrected chi connectivity index (χ1v) is 9.25. The summed E-state index contributed by atoms with van der Waals surface area (Å²) in [5, 5.41) is 16.9. The van der Waals surface area contributed by atoms with Gasteiger partial charge in [-0.2, -0.15) is 10.4 Å². The molecule has 0 fully saturated rings. The Labute approximate surface area is 153 Å². The molecule has 1 unspecified atom stereocenters. The summed E-state index contributed by atoms with van der Waals surface area (Å²) in [6, 6.07) is 14.7. The van der Waals surface area contributed by atoms with Crippen LogP contribution in [0.4, 0.5) is 0 Å². The monoisotopic (exact) mass is 371 g/mol. The van der Waals surface area contributed by atoms with Gasteiger partial charge in [-0.3, -0.25) is 5.10 Å². The highest BCUT2D eigenvalue weighted by molar-refractivity contribution is 7.90. The molecule has 0 spiro atoms. The van der Waals surface area contributed by atoms with E-state index in [1.807, 2.05) is 18.2 Å². The first-order chi connectivity index (χ1) is 12.0. The predicted octanol–water partition coefficient (Wildman–Crippen LogP) is 4.01. The number of nitrogens with one attached hydrogen (secondary N) is 1. The van der Waals surface area contributed by atoms with Gasteiger partial charge in [-0.1, -0.05) is 17.7 Å². The fourth-order valence-corrected chi connectivity index (χ4v) is 3.26. The number of methoxy groups -OCH3 is 1. The largest absolute Gasteiger partial charge is 0.612 e. The molecule has 0 saturated carbocycles. The van der Waals surface area contributed by atoms with Crippen molar-refractivity contribution >= 4 is 22.8 Å². The average molecular weight is 372 g/mol. The molecule has 126 valence electrons. The third-order valence-electron chi connectivity index (χ3n) is 3.79. The number of rotatable bonds is 4. The maximum atomic E-state index is 11.6. The van der Waals surface area contributed by atoms with Crippen molar-refractivity contribution < 1.29 is 9.29 Å². The number of hydrogen-bond acceptors (Lipinski definition) is 4. The van der Waals surface area contributed by atoms with Crippen molar-refractivity contribution in [2.24, 2.45) is 0 Å². The number of hydrogen-bond donors (Lipinski definition) is 1. The Morgan fingerprint density at radius 3 is 2.48 bits per heavy atom. The molecule has 1 aromatic heterocycles. The topological polar surface area (TPSA) is 84.8 Å². The zero-order valence-electron chi connectivity index (χ0n) is 13.5. The Kier molecular flexibility index (Phi) is 5.00.